The van der Waals surface area contributed by atoms with Gasteiger partial charge in [0.05, 0.1) is 0 Å². The monoisotopic (exact) mass is 559 g/mol. The number of hydrogen-bond acceptors (Lipinski definition) is 4. The van der Waals surface area contributed by atoms with Crippen molar-refractivity contribution >= 4 is 23.9 Å². The number of aryl methyl sites for hydroxylation is 1. The molecule has 1 spiro atoms. The van der Waals surface area contributed by atoms with Gasteiger partial charge in [-0.3, -0.25) is 9.59 Å². The summed E-state index contributed by atoms with van der Waals surface area (Å²) in [4.78, 5) is 26.5. The Morgan fingerprint density at radius 2 is 1.93 bits per heavy atom. The molecular weight excluding hydrogens is 522 g/mol. The van der Waals surface area contributed by atoms with Gasteiger partial charge in [0.1, 0.15) is 5.60 Å². The normalized spacial score (nSPS) is 21.6. The van der Waals surface area contributed by atoms with Crippen LogP contribution in [0.5, 0.6) is 0 Å². The molecule has 0 bridgehead atoms. The van der Waals surface area contributed by atoms with Gasteiger partial charge in [0.15, 0.2) is 0 Å². The van der Waals surface area contributed by atoms with Crippen LogP contribution in [0.1, 0.15) is 65.2 Å². The fourth-order valence-corrected chi connectivity index (χ4v) is 7.11. The lowest BCUT2D eigenvalue weighted by molar-refractivity contribution is -0.113. The summed E-state index contributed by atoms with van der Waals surface area (Å²) in [6.45, 7) is 4.42. The molecule has 2 atom stereocenters. The van der Waals surface area contributed by atoms with Crippen molar-refractivity contribution in [1.29, 1.82) is 0 Å². The van der Waals surface area contributed by atoms with E-state index in [0.717, 1.165) is 53.6 Å². The lowest BCUT2D eigenvalue weighted by Crippen LogP contribution is -2.66. The molecule has 0 saturated carbocycles. The van der Waals surface area contributed by atoms with Crippen molar-refractivity contribution in [1.82, 2.24) is 15.5 Å². The van der Waals surface area contributed by atoms with Crippen LogP contribution in [0.4, 0.5) is 0 Å². The Labute approximate surface area is 241 Å². The minimum absolute atomic E-state index is 0.0154. The summed E-state index contributed by atoms with van der Waals surface area (Å²) in [6.07, 6.45) is 4.23. The Morgan fingerprint density at radius 3 is 2.65 bits per heavy atom. The average molecular weight is 560 g/mol. The molecule has 1 saturated heterocycles. The first-order valence-corrected chi connectivity index (χ1v) is 14.6. The van der Waals surface area contributed by atoms with Gasteiger partial charge in [0.25, 0.3) is 5.91 Å². The number of nitrogens with one attached hydrogen (secondary N) is 2. The maximum atomic E-state index is 13.7. The second-order valence-corrected chi connectivity index (χ2v) is 11.5. The zero-order chi connectivity index (χ0) is 28.3. The van der Waals surface area contributed by atoms with Crippen molar-refractivity contribution in [2.45, 2.75) is 56.6 Å². The number of fused-ring (bicyclic) bond motifs is 2. The molecule has 3 N–H and O–H groups in total. The van der Waals surface area contributed by atoms with Crippen LogP contribution in [-0.2, 0) is 28.8 Å². The molecule has 1 fully saturated rings. The summed E-state index contributed by atoms with van der Waals surface area (Å²) < 4.78 is 0. The van der Waals surface area contributed by atoms with E-state index >= 15 is 0 Å². The number of hydrogen-bond donors (Lipinski definition) is 3. The molecule has 0 unspecified atom stereocenters. The molecule has 2 amide bonds. The molecule has 2 aliphatic rings. The summed E-state index contributed by atoms with van der Waals surface area (Å²) in [5.41, 5.74) is 4.98. The first-order valence-electron chi connectivity index (χ1n) is 14.2. The minimum atomic E-state index is -1.19. The highest BCUT2D eigenvalue weighted by Crippen LogP contribution is 2.64. The minimum Gasteiger partial charge on any atom is -0.384 e. The van der Waals surface area contributed by atoms with Crippen LogP contribution in [0.25, 0.3) is 11.1 Å². The highest BCUT2D eigenvalue weighted by molar-refractivity contribution is 6.33. The molecule has 3 aromatic rings. The smallest absolute Gasteiger partial charge is 0.253 e. The summed E-state index contributed by atoms with van der Waals surface area (Å²) in [6, 6.07) is 20.1. The zero-order valence-electron chi connectivity index (χ0n) is 23.3. The highest BCUT2D eigenvalue weighted by Gasteiger charge is 2.64. The summed E-state index contributed by atoms with van der Waals surface area (Å²) in [5.74, 6) is -0.0154. The molecule has 40 heavy (non-hydrogen) atoms. The van der Waals surface area contributed by atoms with Crippen LogP contribution in [0.3, 0.4) is 0 Å². The number of rotatable bonds is 10. The van der Waals surface area contributed by atoms with Gasteiger partial charge in [-0.1, -0.05) is 61.0 Å². The van der Waals surface area contributed by atoms with Crippen molar-refractivity contribution < 1.29 is 14.7 Å². The maximum absolute atomic E-state index is 13.7. The van der Waals surface area contributed by atoms with E-state index in [4.69, 9.17) is 11.6 Å². The van der Waals surface area contributed by atoms with E-state index in [1.165, 1.54) is 5.56 Å². The highest BCUT2D eigenvalue weighted by atomic mass is 35.5. The van der Waals surface area contributed by atoms with E-state index in [9.17, 15) is 14.7 Å². The van der Waals surface area contributed by atoms with Gasteiger partial charge in [0.2, 0.25) is 6.41 Å². The number of piperidine rings is 1. The number of carbonyl (C=O) groups excluding carboxylic acids is 2. The third-order valence-electron chi connectivity index (χ3n) is 8.80. The van der Waals surface area contributed by atoms with Gasteiger partial charge in [-0.25, -0.2) is 0 Å². The summed E-state index contributed by atoms with van der Waals surface area (Å²) >= 11 is 6.86. The van der Waals surface area contributed by atoms with E-state index in [1.54, 1.807) is 0 Å². The first kappa shape index (κ1) is 28.3. The topological polar surface area (TPSA) is 81.7 Å². The number of carbonyl (C=O) groups is 2. The van der Waals surface area contributed by atoms with Gasteiger partial charge >= 0.3 is 0 Å². The number of benzene rings is 3. The van der Waals surface area contributed by atoms with Crippen molar-refractivity contribution in [3.63, 3.8) is 0 Å². The number of amides is 2. The quantitative estimate of drug-likeness (QED) is 0.236. The molecule has 7 heteroatoms. The van der Waals surface area contributed by atoms with Gasteiger partial charge in [-0.2, -0.15) is 0 Å². The molecule has 1 aliphatic heterocycles. The average Bonchev–Trinajstić information content (AvgIpc) is 2.99. The molecule has 6 nitrogen and oxygen atoms in total. The van der Waals surface area contributed by atoms with E-state index in [-0.39, 0.29) is 5.91 Å². The largest absolute Gasteiger partial charge is 0.384 e. The predicted molar refractivity (Wildman–Crippen MR) is 159 cm³/mol. The summed E-state index contributed by atoms with van der Waals surface area (Å²) in [5, 5.41) is 19.2. The zero-order valence-corrected chi connectivity index (χ0v) is 24.1. The standard InChI is InChI=1S/C33H38ClN3O3/c1-3-23-7-4-8-26(19-23)29-28(34)14-13-27-30(29)33(40,16-5-17-36-22-38)32(27)15-6-18-37(21-32)31(39)25-11-9-24(10-12-25)20-35-2/h4,7-14,19,22,35,40H,3,5-6,15-18,20-21H2,1-2H3,(H,36,38)/t32-,33-/m1/s1. The van der Waals surface area contributed by atoms with Crippen LogP contribution < -0.4 is 10.6 Å². The fourth-order valence-electron chi connectivity index (χ4n) is 6.84. The number of aliphatic hydroxyl groups is 1. The van der Waals surface area contributed by atoms with Crippen molar-refractivity contribution in [2.75, 3.05) is 26.7 Å². The molecule has 210 valence electrons. The number of likely N-dealkylation sites (tertiary alicyclic amines) is 1. The first-order chi connectivity index (χ1) is 19.4. The molecule has 1 heterocycles. The van der Waals surface area contributed by atoms with Gasteiger partial charge < -0.3 is 20.6 Å². The molecule has 0 radical (unpaired) electrons. The Hall–Kier alpha value is -3.19. The predicted octanol–water partition coefficient (Wildman–Crippen LogP) is 5.19. The lowest BCUT2D eigenvalue weighted by atomic mass is 9.47. The van der Waals surface area contributed by atoms with Crippen LogP contribution in [0, 0.1) is 0 Å². The van der Waals surface area contributed by atoms with E-state index < -0.39 is 11.0 Å². The second kappa shape index (κ2) is 11.7. The molecular formula is C33H38ClN3O3. The van der Waals surface area contributed by atoms with E-state index in [1.807, 2.05) is 54.4 Å². The summed E-state index contributed by atoms with van der Waals surface area (Å²) in [7, 11) is 1.90. The van der Waals surface area contributed by atoms with Crippen molar-refractivity contribution in [2.24, 2.45) is 0 Å². The van der Waals surface area contributed by atoms with Crippen LogP contribution in [0.2, 0.25) is 5.02 Å². The Morgan fingerprint density at radius 1 is 1.12 bits per heavy atom. The van der Waals surface area contributed by atoms with Gasteiger partial charge in [0, 0.05) is 47.7 Å². The van der Waals surface area contributed by atoms with Crippen LogP contribution in [-0.4, -0.2) is 49.0 Å². The third kappa shape index (κ3) is 4.83. The van der Waals surface area contributed by atoms with Crippen molar-refractivity contribution in [3.05, 3.63) is 93.5 Å². The van der Waals surface area contributed by atoms with E-state index in [0.29, 0.717) is 49.5 Å². The lowest BCUT2D eigenvalue weighted by Gasteiger charge is -2.62. The third-order valence-corrected chi connectivity index (χ3v) is 9.12. The number of halogens is 1. The Kier molecular flexibility index (Phi) is 8.31. The fraction of sp³-hybridized carbons (Fsp3) is 0.394. The molecule has 0 aromatic heterocycles. The maximum Gasteiger partial charge on any atom is 0.253 e. The molecule has 3 aromatic carbocycles. The molecule has 1 aliphatic carbocycles. The second-order valence-electron chi connectivity index (χ2n) is 11.1. The van der Waals surface area contributed by atoms with E-state index in [2.05, 4.69) is 35.8 Å². The Bertz CT molecular complexity index is 1390. The Balaban J connectivity index is 1.55. The molecule has 5 rings (SSSR count). The van der Waals surface area contributed by atoms with Gasteiger partial charge in [-0.05, 0) is 85.2 Å². The van der Waals surface area contributed by atoms with Crippen LogP contribution >= 0.6 is 11.6 Å². The van der Waals surface area contributed by atoms with Crippen molar-refractivity contribution in [3.8, 4) is 11.1 Å². The number of nitrogens with zero attached hydrogens (tertiary/aromatic N) is 1. The van der Waals surface area contributed by atoms with Crippen LogP contribution in [0.15, 0.2) is 60.7 Å². The van der Waals surface area contributed by atoms with Gasteiger partial charge in [-0.15, -0.1) is 0 Å². The SMILES string of the molecule is CCc1cccc(-c2c(Cl)ccc3c2[C@](O)(CCCNC=O)[C@@]32CCCN(C(=O)c3ccc(CNC)cc3)C2)c1.